The fraction of sp³-hybridized carbons (Fsp3) is 0.0357. The molecule has 0 aliphatic heterocycles. The summed E-state index contributed by atoms with van der Waals surface area (Å²) in [6.07, 6.45) is 3.08. The first-order chi connectivity index (χ1) is 19.3. The maximum atomic E-state index is 12.9. The normalized spacial score (nSPS) is 11.0. The monoisotopic (exact) mass is 554 g/mol. The molecule has 2 amide bonds. The van der Waals surface area contributed by atoms with Gasteiger partial charge in [0, 0.05) is 47.5 Å². The summed E-state index contributed by atoms with van der Waals surface area (Å²) >= 11 is 0. The van der Waals surface area contributed by atoms with Crippen molar-refractivity contribution in [1.82, 2.24) is 15.1 Å². The van der Waals surface area contributed by atoms with Gasteiger partial charge in [0.2, 0.25) is 11.7 Å². The van der Waals surface area contributed by atoms with Crippen molar-refractivity contribution >= 4 is 38.9 Å². The highest BCUT2D eigenvalue weighted by molar-refractivity contribution is 7.92. The lowest BCUT2D eigenvalue weighted by Crippen LogP contribution is -2.13. The van der Waals surface area contributed by atoms with Gasteiger partial charge in [0.1, 0.15) is 0 Å². The van der Waals surface area contributed by atoms with E-state index in [2.05, 4.69) is 30.5 Å². The number of nitrogens with zero attached hydrogens (tertiary/aromatic N) is 3. The second-order valence-corrected chi connectivity index (χ2v) is 10.3. The van der Waals surface area contributed by atoms with Crippen molar-refractivity contribution in [3.05, 3.63) is 103 Å². The molecule has 2 heterocycles. The van der Waals surface area contributed by atoms with Crippen LogP contribution >= 0.6 is 0 Å². The summed E-state index contributed by atoms with van der Waals surface area (Å²) in [6.45, 7) is 1.37. The van der Waals surface area contributed by atoms with E-state index in [0.717, 1.165) is 0 Å². The molecule has 0 aliphatic carbocycles. The number of amides is 2. The molecule has 0 unspecified atom stereocenters. The van der Waals surface area contributed by atoms with Gasteiger partial charge < -0.3 is 15.2 Å². The molecule has 0 radical (unpaired) electrons. The Balaban J connectivity index is 1.28. The zero-order valence-electron chi connectivity index (χ0n) is 21.0. The Morgan fingerprint density at radius 3 is 2.23 bits per heavy atom. The van der Waals surface area contributed by atoms with E-state index in [1.165, 1.54) is 37.4 Å². The van der Waals surface area contributed by atoms with Crippen LogP contribution in [0.1, 0.15) is 17.3 Å². The molecule has 0 spiro atoms. The lowest BCUT2D eigenvalue weighted by Gasteiger charge is -2.09. The summed E-state index contributed by atoms with van der Waals surface area (Å²) in [5, 5.41) is 9.42. The fourth-order valence-electron chi connectivity index (χ4n) is 3.71. The summed E-state index contributed by atoms with van der Waals surface area (Å²) in [5.41, 5.74) is 3.00. The second kappa shape index (κ2) is 11.2. The minimum Gasteiger partial charge on any atom is -0.334 e. The van der Waals surface area contributed by atoms with Gasteiger partial charge in [-0.3, -0.25) is 19.3 Å². The quantitative estimate of drug-likeness (QED) is 0.247. The molecular weight excluding hydrogens is 532 g/mol. The molecule has 11 nitrogen and oxygen atoms in total. The number of carbonyl (C=O) groups is 2. The Bertz CT molecular complexity index is 1770. The van der Waals surface area contributed by atoms with Crippen LogP contribution in [0.15, 0.2) is 107 Å². The van der Waals surface area contributed by atoms with Gasteiger partial charge in [-0.05, 0) is 78.9 Å². The first-order valence-electron chi connectivity index (χ1n) is 11.9. The third kappa shape index (κ3) is 6.19. The summed E-state index contributed by atoms with van der Waals surface area (Å²) in [6, 6.07) is 22.7. The third-order valence-electron chi connectivity index (χ3n) is 5.60. The van der Waals surface area contributed by atoms with Crippen LogP contribution < -0.4 is 15.4 Å². The number of hydrogen-bond donors (Lipinski definition) is 3. The largest absolute Gasteiger partial charge is 0.334 e. The number of carbonyl (C=O) groups excluding carboxylic acids is 2. The second-order valence-electron chi connectivity index (χ2n) is 8.59. The van der Waals surface area contributed by atoms with E-state index in [0.29, 0.717) is 39.6 Å². The van der Waals surface area contributed by atoms with Crippen molar-refractivity contribution in [3.63, 3.8) is 0 Å². The van der Waals surface area contributed by atoms with Gasteiger partial charge in [0.25, 0.3) is 21.8 Å². The van der Waals surface area contributed by atoms with Gasteiger partial charge in [0.05, 0.1) is 10.5 Å². The van der Waals surface area contributed by atoms with Crippen LogP contribution in [0.5, 0.6) is 0 Å². The molecule has 40 heavy (non-hydrogen) atoms. The number of hydrogen-bond acceptors (Lipinski definition) is 8. The number of nitrogens with one attached hydrogen (secondary N) is 3. The Labute approximate surface area is 229 Å². The van der Waals surface area contributed by atoms with Crippen LogP contribution in [0.3, 0.4) is 0 Å². The molecule has 2 aromatic heterocycles. The number of aromatic nitrogens is 3. The molecule has 0 atom stereocenters. The molecule has 3 aromatic carbocycles. The summed E-state index contributed by atoms with van der Waals surface area (Å²) < 4.78 is 33.7. The Hall–Kier alpha value is -5.36. The lowest BCUT2D eigenvalue weighted by molar-refractivity contribution is -0.114. The Morgan fingerprint density at radius 2 is 1.52 bits per heavy atom. The number of anilines is 3. The van der Waals surface area contributed by atoms with Crippen LogP contribution in [0.4, 0.5) is 17.1 Å². The predicted molar refractivity (Wildman–Crippen MR) is 149 cm³/mol. The van der Waals surface area contributed by atoms with Gasteiger partial charge in [-0.25, -0.2) is 8.42 Å². The van der Waals surface area contributed by atoms with E-state index >= 15 is 0 Å². The van der Waals surface area contributed by atoms with E-state index < -0.39 is 10.0 Å². The van der Waals surface area contributed by atoms with Crippen LogP contribution in [0.25, 0.3) is 22.8 Å². The first kappa shape index (κ1) is 26.3. The van der Waals surface area contributed by atoms with Gasteiger partial charge in [0.15, 0.2) is 0 Å². The maximum Gasteiger partial charge on any atom is 0.261 e. The van der Waals surface area contributed by atoms with E-state index in [1.807, 2.05) is 0 Å². The van der Waals surface area contributed by atoms with E-state index in [4.69, 9.17) is 4.52 Å². The smallest absolute Gasteiger partial charge is 0.261 e. The molecule has 0 bridgehead atoms. The van der Waals surface area contributed by atoms with Gasteiger partial charge in [-0.15, -0.1) is 0 Å². The minimum atomic E-state index is -3.89. The van der Waals surface area contributed by atoms with Crippen molar-refractivity contribution in [1.29, 1.82) is 0 Å². The summed E-state index contributed by atoms with van der Waals surface area (Å²) in [5.74, 6) is -0.00714. The topological polar surface area (TPSA) is 156 Å². The van der Waals surface area contributed by atoms with Crippen molar-refractivity contribution in [3.8, 4) is 22.8 Å². The molecule has 0 aliphatic rings. The van der Waals surface area contributed by atoms with E-state index in [-0.39, 0.29) is 22.6 Å². The van der Waals surface area contributed by atoms with Crippen molar-refractivity contribution in [2.24, 2.45) is 0 Å². The van der Waals surface area contributed by atoms with Crippen molar-refractivity contribution in [2.45, 2.75) is 11.8 Å². The van der Waals surface area contributed by atoms with Gasteiger partial charge in [-0.1, -0.05) is 11.2 Å². The molecule has 3 N–H and O–H groups in total. The highest BCUT2D eigenvalue weighted by Crippen LogP contribution is 2.26. The number of benzene rings is 3. The van der Waals surface area contributed by atoms with Crippen LogP contribution in [0, 0.1) is 0 Å². The van der Waals surface area contributed by atoms with Crippen LogP contribution in [0.2, 0.25) is 0 Å². The average Bonchev–Trinajstić information content (AvgIpc) is 3.44. The Morgan fingerprint density at radius 1 is 0.800 bits per heavy atom. The minimum absolute atomic E-state index is 0.0344. The predicted octanol–water partition coefficient (Wildman–Crippen LogP) is 4.81. The molecule has 0 saturated carbocycles. The van der Waals surface area contributed by atoms with Crippen LogP contribution in [-0.4, -0.2) is 35.4 Å². The highest BCUT2D eigenvalue weighted by atomic mass is 32.2. The molecule has 5 rings (SSSR count). The third-order valence-corrected chi connectivity index (χ3v) is 6.99. The maximum absolute atomic E-state index is 12.9. The zero-order valence-corrected chi connectivity index (χ0v) is 21.8. The SMILES string of the molecule is CC(=O)Nc1ccc(S(=O)(=O)Nc2cccc(-c3nc(-c4ccc(NC(=O)c5cccnc5)cc4)no3)c2)cc1. The Kier molecular flexibility index (Phi) is 7.33. The first-order valence-corrected chi connectivity index (χ1v) is 13.4. The summed E-state index contributed by atoms with van der Waals surface area (Å²) in [4.78, 5) is 31.9. The molecule has 12 heteroatoms. The fourth-order valence-corrected chi connectivity index (χ4v) is 4.76. The molecule has 5 aromatic rings. The highest BCUT2D eigenvalue weighted by Gasteiger charge is 2.16. The van der Waals surface area contributed by atoms with Gasteiger partial charge in [-0.2, -0.15) is 4.98 Å². The number of sulfonamides is 1. The molecule has 200 valence electrons. The van der Waals surface area contributed by atoms with Crippen molar-refractivity contribution in [2.75, 3.05) is 15.4 Å². The van der Waals surface area contributed by atoms with Gasteiger partial charge >= 0.3 is 0 Å². The van der Waals surface area contributed by atoms with E-state index in [9.17, 15) is 18.0 Å². The molecule has 0 saturated heterocycles. The standard InChI is InChI=1S/C28H22N6O5S/c1-18(35)30-22-11-13-25(14-12-22)40(37,38)34-24-6-2-4-20(16-24)28-32-26(33-39-28)19-7-9-23(10-8-19)31-27(36)21-5-3-15-29-17-21/h2-17,34H,1H3,(H,30,35)(H,31,36). The van der Waals surface area contributed by atoms with E-state index in [1.54, 1.807) is 66.9 Å². The van der Waals surface area contributed by atoms with Crippen molar-refractivity contribution < 1.29 is 22.5 Å². The average molecular weight is 555 g/mol. The lowest BCUT2D eigenvalue weighted by atomic mass is 10.2. The number of rotatable bonds is 8. The van der Waals surface area contributed by atoms with Crippen LogP contribution in [-0.2, 0) is 14.8 Å². The molecular formula is C28H22N6O5S. The number of pyridine rings is 1. The molecule has 0 fully saturated rings. The summed E-state index contributed by atoms with van der Waals surface area (Å²) in [7, 11) is -3.89. The zero-order chi connectivity index (χ0) is 28.1.